The van der Waals surface area contributed by atoms with Crippen molar-refractivity contribution in [2.45, 2.75) is 51.2 Å². The predicted octanol–water partition coefficient (Wildman–Crippen LogP) is 3.97. The van der Waals surface area contributed by atoms with Gasteiger partial charge in [-0.15, -0.1) is 6.42 Å². The standard InChI is InChI=1S/C27H35N5O2/c1-4-16-34-23-14-12-20(13-15-23)18-30-21-8-6-9-22(17-21)32(5-2)26(33)19-31-25-11-7-10-24(28)27(25)29-3/h1,7,10-15,21-22,30-31H,3,5-6,8-9,16-19,28H2,2H3. The van der Waals surface area contributed by atoms with Gasteiger partial charge >= 0.3 is 0 Å². The number of hydrogen-bond acceptors (Lipinski definition) is 6. The molecule has 180 valence electrons. The number of para-hydroxylation sites is 1. The zero-order valence-corrected chi connectivity index (χ0v) is 19.9. The first kappa shape index (κ1) is 25.1. The largest absolute Gasteiger partial charge is 0.481 e. The van der Waals surface area contributed by atoms with Crippen molar-refractivity contribution in [2.24, 2.45) is 4.99 Å². The van der Waals surface area contributed by atoms with Gasteiger partial charge < -0.3 is 26.0 Å². The number of carbonyl (C=O) groups is 1. The summed E-state index contributed by atoms with van der Waals surface area (Å²) in [6.45, 7) is 7.55. The van der Waals surface area contributed by atoms with Crippen LogP contribution in [0.25, 0.3) is 0 Å². The lowest BCUT2D eigenvalue weighted by atomic mass is 9.89. The van der Waals surface area contributed by atoms with Crippen LogP contribution in [0.4, 0.5) is 17.1 Å². The molecule has 1 saturated carbocycles. The minimum absolute atomic E-state index is 0.0770. The number of benzene rings is 2. The smallest absolute Gasteiger partial charge is 0.242 e. The number of nitrogen functional groups attached to an aromatic ring is 1. The van der Waals surface area contributed by atoms with Gasteiger partial charge in [0.1, 0.15) is 18.0 Å². The van der Waals surface area contributed by atoms with E-state index < -0.39 is 0 Å². The molecule has 2 unspecified atom stereocenters. The predicted molar refractivity (Wildman–Crippen MR) is 140 cm³/mol. The highest BCUT2D eigenvalue weighted by Gasteiger charge is 2.28. The van der Waals surface area contributed by atoms with Crippen LogP contribution in [-0.4, -0.2) is 49.3 Å². The normalized spacial score (nSPS) is 17.4. The molecule has 7 heteroatoms. The molecule has 1 aliphatic rings. The molecule has 0 radical (unpaired) electrons. The van der Waals surface area contributed by atoms with Gasteiger partial charge in [0.05, 0.1) is 17.9 Å². The van der Waals surface area contributed by atoms with Crippen molar-refractivity contribution in [1.29, 1.82) is 0 Å². The first-order valence-corrected chi connectivity index (χ1v) is 11.8. The summed E-state index contributed by atoms with van der Waals surface area (Å²) in [4.78, 5) is 19.0. The van der Waals surface area contributed by atoms with E-state index in [0.29, 0.717) is 24.0 Å². The third-order valence-corrected chi connectivity index (χ3v) is 6.24. The second kappa shape index (κ2) is 12.7. The number of terminal acetylenes is 1. The number of likely N-dealkylation sites (N-methyl/N-ethyl adjacent to an activating group) is 1. The molecule has 1 aliphatic carbocycles. The van der Waals surface area contributed by atoms with Gasteiger partial charge in [-0.2, -0.15) is 0 Å². The van der Waals surface area contributed by atoms with Crippen molar-refractivity contribution in [3.8, 4) is 18.1 Å². The Kier molecular flexibility index (Phi) is 9.36. The highest BCUT2D eigenvalue weighted by atomic mass is 16.5. The molecular weight excluding hydrogens is 426 g/mol. The van der Waals surface area contributed by atoms with Gasteiger partial charge in [-0.3, -0.25) is 9.79 Å². The second-order valence-corrected chi connectivity index (χ2v) is 8.47. The molecule has 0 aliphatic heterocycles. The molecule has 0 aromatic heterocycles. The Morgan fingerprint density at radius 3 is 2.79 bits per heavy atom. The number of hydrogen-bond donors (Lipinski definition) is 3. The maximum atomic E-state index is 13.1. The van der Waals surface area contributed by atoms with E-state index >= 15 is 0 Å². The van der Waals surface area contributed by atoms with Gasteiger partial charge in [0.2, 0.25) is 5.91 Å². The number of nitrogens with two attached hydrogens (primary N) is 1. The molecule has 0 saturated heterocycles. The molecule has 0 bridgehead atoms. The Morgan fingerprint density at radius 2 is 2.09 bits per heavy atom. The summed E-state index contributed by atoms with van der Waals surface area (Å²) in [6.07, 6.45) is 9.41. The number of aliphatic imine (C=N–C) groups is 1. The van der Waals surface area contributed by atoms with Gasteiger partial charge in [0.15, 0.2) is 0 Å². The molecule has 2 aromatic rings. The number of ether oxygens (including phenoxy) is 1. The van der Waals surface area contributed by atoms with E-state index in [1.54, 1.807) is 6.07 Å². The van der Waals surface area contributed by atoms with Crippen LogP contribution in [0.1, 0.15) is 38.2 Å². The van der Waals surface area contributed by atoms with E-state index in [1.807, 2.05) is 36.1 Å². The molecular formula is C27H35N5O2. The second-order valence-electron chi connectivity index (χ2n) is 8.47. The summed E-state index contributed by atoms with van der Waals surface area (Å²) in [5, 5.41) is 6.86. The number of carbonyl (C=O) groups excluding carboxylic acids is 1. The highest BCUT2D eigenvalue weighted by molar-refractivity contribution is 5.85. The third-order valence-electron chi connectivity index (χ3n) is 6.24. The first-order valence-electron chi connectivity index (χ1n) is 11.8. The fourth-order valence-corrected chi connectivity index (χ4v) is 4.51. The van der Waals surface area contributed by atoms with Crippen LogP contribution in [0, 0.1) is 12.3 Å². The van der Waals surface area contributed by atoms with Gasteiger partial charge in [0.25, 0.3) is 0 Å². The average molecular weight is 462 g/mol. The summed E-state index contributed by atoms with van der Waals surface area (Å²) in [6, 6.07) is 14.0. The molecule has 3 rings (SSSR count). The first-order chi connectivity index (χ1) is 16.5. The highest BCUT2D eigenvalue weighted by Crippen LogP contribution is 2.31. The molecule has 34 heavy (non-hydrogen) atoms. The van der Waals surface area contributed by atoms with Crippen molar-refractivity contribution >= 4 is 29.7 Å². The van der Waals surface area contributed by atoms with Crippen LogP contribution in [-0.2, 0) is 11.3 Å². The van der Waals surface area contributed by atoms with Crippen LogP contribution >= 0.6 is 0 Å². The van der Waals surface area contributed by atoms with Crippen LogP contribution in [0.5, 0.6) is 5.75 Å². The minimum atomic E-state index is 0.0770. The summed E-state index contributed by atoms with van der Waals surface area (Å²) in [5.41, 5.74) is 8.99. The summed E-state index contributed by atoms with van der Waals surface area (Å²) in [7, 11) is 0. The molecule has 1 amide bonds. The summed E-state index contributed by atoms with van der Waals surface area (Å²) < 4.78 is 5.43. The topological polar surface area (TPSA) is 92.0 Å². The van der Waals surface area contributed by atoms with E-state index in [0.717, 1.165) is 43.7 Å². The zero-order chi connectivity index (χ0) is 24.3. The Bertz CT molecular complexity index is 999. The van der Waals surface area contributed by atoms with Crippen LogP contribution < -0.4 is 21.1 Å². The molecule has 2 atom stereocenters. The Morgan fingerprint density at radius 1 is 1.29 bits per heavy atom. The summed E-state index contributed by atoms with van der Waals surface area (Å²) in [5.74, 6) is 3.32. The lowest BCUT2D eigenvalue weighted by molar-refractivity contribution is -0.132. The van der Waals surface area contributed by atoms with Gasteiger partial charge in [0, 0.05) is 25.2 Å². The van der Waals surface area contributed by atoms with E-state index in [1.165, 1.54) is 5.56 Å². The monoisotopic (exact) mass is 461 g/mol. The molecule has 0 heterocycles. The van der Waals surface area contributed by atoms with E-state index in [4.69, 9.17) is 16.9 Å². The molecule has 4 N–H and O–H groups in total. The van der Waals surface area contributed by atoms with Crippen LogP contribution in [0.3, 0.4) is 0 Å². The van der Waals surface area contributed by atoms with Crippen molar-refractivity contribution in [1.82, 2.24) is 10.2 Å². The van der Waals surface area contributed by atoms with Crippen molar-refractivity contribution in [2.75, 3.05) is 30.7 Å². The Balaban J connectivity index is 1.52. The van der Waals surface area contributed by atoms with E-state index in [9.17, 15) is 4.79 Å². The fraction of sp³-hybridized carbons (Fsp3) is 0.407. The number of anilines is 2. The van der Waals surface area contributed by atoms with E-state index in [2.05, 4.69) is 40.4 Å². The van der Waals surface area contributed by atoms with Crippen LogP contribution in [0.15, 0.2) is 47.5 Å². The molecule has 2 aromatic carbocycles. The number of nitrogens with zero attached hydrogens (tertiary/aromatic N) is 2. The number of rotatable bonds is 11. The maximum absolute atomic E-state index is 13.1. The van der Waals surface area contributed by atoms with Crippen molar-refractivity contribution < 1.29 is 9.53 Å². The molecule has 7 nitrogen and oxygen atoms in total. The van der Waals surface area contributed by atoms with Crippen LogP contribution in [0.2, 0.25) is 0 Å². The number of amides is 1. The zero-order valence-electron chi connectivity index (χ0n) is 19.9. The Hall–Kier alpha value is -3.50. The minimum Gasteiger partial charge on any atom is -0.481 e. The van der Waals surface area contributed by atoms with Crippen molar-refractivity contribution in [3.05, 3.63) is 48.0 Å². The number of nitrogens with one attached hydrogen (secondary N) is 2. The molecule has 1 fully saturated rings. The lowest BCUT2D eigenvalue weighted by Crippen LogP contribution is -2.48. The summed E-state index contributed by atoms with van der Waals surface area (Å²) >= 11 is 0. The van der Waals surface area contributed by atoms with Crippen molar-refractivity contribution in [3.63, 3.8) is 0 Å². The van der Waals surface area contributed by atoms with Gasteiger partial charge in [-0.05, 0) is 69.2 Å². The van der Waals surface area contributed by atoms with E-state index in [-0.39, 0.29) is 25.1 Å². The molecule has 0 spiro atoms. The lowest BCUT2D eigenvalue weighted by Gasteiger charge is -2.37. The quantitative estimate of drug-likeness (QED) is 0.268. The van der Waals surface area contributed by atoms with Gasteiger partial charge in [-0.1, -0.05) is 24.1 Å². The Labute approximate surface area is 202 Å². The fourth-order valence-electron chi connectivity index (χ4n) is 4.51. The maximum Gasteiger partial charge on any atom is 0.242 e. The van der Waals surface area contributed by atoms with Gasteiger partial charge in [-0.25, -0.2) is 0 Å². The average Bonchev–Trinajstić information content (AvgIpc) is 2.86. The SMILES string of the molecule is C#CCOc1ccc(CNC2CCCC(N(CC)C(=O)CNc3cccc(N)c3N=C)C2)cc1. The third kappa shape index (κ3) is 6.75.